The van der Waals surface area contributed by atoms with Gasteiger partial charge in [0, 0.05) is 30.4 Å². The van der Waals surface area contributed by atoms with E-state index in [4.69, 9.17) is 9.47 Å². The van der Waals surface area contributed by atoms with Crippen LogP contribution in [0.3, 0.4) is 0 Å². The van der Waals surface area contributed by atoms with Crippen LogP contribution in [0.4, 0.5) is 0 Å². The van der Waals surface area contributed by atoms with Crippen molar-refractivity contribution in [2.45, 2.75) is 19.6 Å². The second-order valence-corrected chi connectivity index (χ2v) is 5.51. The van der Waals surface area contributed by atoms with Gasteiger partial charge in [0.1, 0.15) is 30.0 Å². The molecule has 6 heteroatoms. The predicted octanol–water partition coefficient (Wildman–Crippen LogP) is 2.78. The molecule has 0 bridgehead atoms. The van der Waals surface area contributed by atoms with Crippen molar-refractivity contribution in [3.8, 4) is 22.9 Å². The fourth-order valence-corrected chi connectivity index (χ4v) is 2.49. The molecule has 1 N–H and O–H groups in total. The minimum absolute atomic E-state index is 0.196. The summed E-state index contributed by atoms with van der Waals surface area (Å²) in [5.41, 5.74) is 0.958. The van der Waals surface area contributed by atoms with E-state index in [9.17, 15) is 5.11 Å². The molecule has 0 radical (unpaired) electrons. The van der Waals surface area contributed by atoms with Crippen molar-refractivity contribution in [2.75, 3.05) is 13.2 Å². The van der Waals surface area contributed by atoms with Crippen molar-refractivity contribution in [3.05, 3.63) is 61.2 Å². The molecular formula is C19H21N3O3. The molecular weight excluding hydrogens is 318 g/mol. The van der Waals surface area contributed by atoms with Crippen molar-refractivity contribution in [2.24, 2.45) is 0 Å². The molecule has 0 aliphatic carbocycles. The summed E-state index contributed by atoms with van der Waals surface area (Å²) in [4.78, 5) is 8.37. The van der Waals surface area contributed by atoms with Crippen LogP contribution in [0, 0.1) is 0 Å². The average molecular weight is 339 g/mol. The van der Waals surface area contributed by atoms with Crippen LogP contribution < -0.4 is 9.47 Å². The molecule has 3 aromatic rings. The van der Waals surface area contributed by atoms with E-state index in [1.165, 1.54) is 0 Å². The van der Waals surface area contributed by atoms with Crippen LogP contribution in [0.1, 0.15) is 6.92 Å². The van der Waals surface area contributed by atoms with E-state index < -0.39 is 6.10 Å². The first-order valence-electron chi connectivity index (χ1n) is 8.21. The lowest BCUT2D eigenvalue weighted by Gasteiger charge is -2.15. The van der Waals surface area contributed by atoms with Gasteiger partial charge in [-0.2, -0.15) is 0 Å². The number of rotatable bonds is 8. The van der Waals surface area contributed by atoms with Gasteiger partial charge in [-0.25, -0.2) is 4.98 Å². The molecule has 0 aliphatic rings. The number of hydrogen-bond acceptors (Lipinski definition) is 5. The Morgan fingerprint density at radius 3 is 2.36 bits per heavy atom. The largest absolute Gasteiger partial charge is 0.494 e. The number of nitrogens with zero attached hydrogens (tertiary/aromatic N) is 3. The van der Waals surface area contributed by atoms with Gasteiger partial charge in [0.05, 0.1) is 13.2 Å². The van der Waals surface area contributed by atoms with Crippen LogP contribution in [0.15, 0.2) is 61.2 Å². The molecule has 0 aliphatic heterocycles. The smallest absolute Gasteiger partial charge is 0.140 e. The zero-order chi connectivity index (χ0) is 17.5. The number of hydrogen-bond donors (Lipinski definition) is 1. The molecule has 25 heavy (non-hydrogen) atoms. The highest BCUT2D eigenvalue weighted by Crippen LogP contribution is 2.19. The van der Waals surface area contributed by atoms with E-state index in [1.54, 1.807) is 18.6 Å². The predicted molar refractivity (Wildman–Crippen MR) is 94.6 cm³/mol. The monoisotopic (exact) mass is 339 g/mol. The van der Waals surface area contributed by atoms with E-state index >= 15 is 0 Å². The molecule has 0 amide bonds. The van der Waals surface area contributed by atoms with Crippen molar-refractivity contribution in [1.82, 2.24) is 14.5 Å². The topological polar surface area (TPSA) is 69.4 Å². The first-order chi connectivity index (χ1) is 12.3. The number of aliphatic hydroxyl groups is 1. The van der Waals surface area contributed by atoms with Gasteiger partial charge in [-0.3, -0.25) is 4.98 Å². The fraction of sp³-hybridized carbons (Fsp3) is 0.263. The van der Waals surface area contributed by atoms with Crippen LogP contribution in [-0.4, -0.2) is 39.0 Å². The zero-order valence-electron chi connectivity index (χ0n) is 14.1. The molecule has 1 atom stereocenters. The van der Waals surface area contributed by atoms with Gasteiger partial charge in [0.2, 0.25) is 0 Å². The minimum atomic E-state index is -0.652. The summed E-state index contributed by atoms with van der Waals surface area (Å²) in [7, 11) is 0. The third-order valence-corrected chi connectivity index (χ3v) is 3.64. The molecule has 1 aromatic carbocycles. The second-order valence-electron chi connectivity index (χ2n) is 5.51. The average Bonchev–Trinajstić information content (AvgIpc) is 3.10. The highest BCUT2D eigenvalue weighted by atomic mass is 16.5. The van der Waals surface area contributed by atoms with E-state index in [0.717, 1.165) is 17.1 Å². The van der Waals surface area contributed by atoms with Crippen molar-refractivity contribution >= 4 is 0 Å². The third kappa shape index (κ3) is 4.58. The van der Waals surface area contributed by atoms with Gasteiger partial charge in [-0.1, -0.05) is 0 Å². The first-order valence-corrected chi connectivity index (χ1v) is 8.21. The lowest BCUT2D eigenvalue weighted by Crippen LogP contribution is -2.23. The number of imidazole rings is 1. The Morgan fingerprint density at radius 2 is 1.68 bits per heavy atom. The van der Waals surface area contributed by atoms with Gasteiger partial charge in [0.15, 0.2) is 0 Å². The summed E-state index contributed by atoms with van der Waals surface area (Å²) in [6, 6.07) is 11.1. The van der Waals surface area contributed by atoms with Gasteiger partial charge in [-0.05, 0) is 43.3 Å². The van der Waals surface area contributed by atoms with E-state index in [2.05, 4.69) is 9.97 Å². The van der Waals surface area contributed by atoms with Crippen LogP contribution in [0.5, 0.6) is 11.5 Å². The Morgan fingerprint density at radius 1 is 1.00 bits per heavy atom. The quantitative estimate of drug-likeness (QED) is 0.683. The van der Waals surface area contributed by atoms with Crippen molar-refractivity contribution in [3.63, 3.8) is 0 Å². The minimum Gasteiger partial charge on any atom is -0.494 e. The first kappa shape index (κ1) is 17.0. The second kappa shape index (κ2) is 8.30. The van der Waals surface area contributed by atoms with Gasteiger partial charge >= 0.3 is 0 Å². The van der Waals surface area contributed by atoms with Crippen molar-refractivity contribution in [1.29, 1.82) is 0 Å². The maximum absolute atomic E-state index is 10.3. The summed E-state index contributed by atoms with van der Waals surface area (Å²) in [6.07, 6.45) is 6.35. The molecule has 0 fully saturated rings. The maximum Gasteiger partial charge on any atom is 0.140 e. The Hall–Kier alpha value is -2.86. The molecule has 6 nitrogen and oxygen atoms in total. The maximum atomic E-state index is 10.3. The number of pyridine rings is 1. The lowest BCUT2D eigenvalue weighted by molar-refractivity contribution is 0.0928. The summed E-state index contributed by atoms with van der Waals surface area (Å²) in [5.74, 6) is 2.29. The highest BCUT2D eigenvalue weighted by molar-refractivity contribution is 5.54. The number of aromatic nitrogens is 3. The lowest BCUT2D eigenvalue weighted by atomic mass is 10.2. The molecule has 0 saturated carbocycles. The Bertz CT molecular complexity index is 772. The number of aliphatic hydroxyl groups excluding tert-OH is 1. The Kier molecular flexibility index (Phi) is 5.64. The van der Waals surface area contributed by atoms with Crippen LogP contribution in [0.2, 0.25) is 0 Å². The van der Waals surface area contributed by atoms with Crippen LogP contribution in [0.25, 0.3) is 11.4 Å². The number of ether oxygens (including phenoxy) is 2. The summed E-state index contributed by atoms with van der Waals surface area (Å²) >= 11 is 0. The highest BCUT2D eigenvalue weighted by Gasteiger charge is 2.11. The SMILES string of the molecule is CCOc1ccc(OCC(O)Cn2ccnc2-c2ccncc2)cc1. The Balaban J connectivity index is 1.56. The van der Waals surface area contributed by atoms with Crippen LogP contribution in [-0.2, 0) is 6.54 Å². The summed E-state index contributed by atoms with van der Waals surface area (Å²) < 4.78 is 12.9. The molecule has 0 spiro atoms. The zero-order valence-corrected chi connectivity index (χ0v) is 14.1. The number of benzene rings is 1. The molecule has 2 aromatic heterocycles. The molecule has 3 rings (SSSR count). The molecule has 2 heterocycles. The molecule has 130 valence electrons. The standard InChI is InChI=1S/C19H21N3O3/c1-2-24-17-3-5-18(6-4-17)25-14-16(23)13-22-12-11-21-19(22)15-7-9-20-10-8-15/h3-12,16,23H,2,13-14H2,1H3. The van der Waals surface area contributed by atoms with Gasteiger partial charge < -0.3 is 19.1 Å². The van der Waals surface area contributed by atoms with E-state index in [1.807, 2.05) is 54.1 Å². The third-order valence-electron chi connectivity index (χ3n) is 3.64. The molecule has 1 unspecified atom stereocenters. The van der Waals surface area contributed by atoms with Crippen LogP contribution >= 0.6 is 0 Å². The fourth-order valence-electron chi connectivity index (χ4n) is 2.49. The van der Waals surface area contributed by atoms with E-state index in [-0.39, 0.29) is 6.61 Å². The van der Waals surface area contributed by atoms with Gasteiger partial charge in [0.25, 0.3) is 0 Å². The summed E-state index contributed by atoms with van der Waals surface area (Å²) in [5, 5.41) is 10.3. The van der Waals surface area contributed by atoms with Crippen molar-refractivity contribution < 1.29 is 14.6 Å². The van der Waals surface area contributed by atoms with E-state index in [0.29, 0.717) is 18.9 Å². The molecule has 0 saturated heterocycles. The van der Waals surface area contributed by atoms with Gasteiger partial charge in [-0.15, -0.1) is 0 Å². The Labute approximate surface area is 146 Å². The normalized spacial score (nSPS) is 11.9. The summed E-state index contributed by atoms with van der Waals surface area (Å²) in [6.45, 7) is 3.16.